The van der Waals surface area contributed by atoms with E-state index in [0.717, 1.165) is 23.4 Å². The summed E-state index contributed by atoms with van der Waals surface area (Å²) in [5.41, 5.74) is 3.09. The van der Waals surface area contributed by atoms with Gasteiger partial charge in [-0.3, -0.25) is 4.79 Å². The summed E-state index contributed by atoms with van der Waals surface area (Å²) in [7, 11) is 0. The van der Waals surface area contributed by atoms with Gasteiger partial charge >= 0.3 is 0 Å². The molecular weight excluding hydrogens is 352 g/mol. The Morgan fingerprint density at radius 1 is 1.14 bits per heavy atom. The number of allylic oxidation sites excluding steroid dienone is 2. The summed E-state index contributed by atoms with van der Waals surface area (Å²) in [4.78, 5) is 28.3. The third-order valence-corrected chi connectivity index (χ3v) is 5.14. The molecule has 5 rings (SSSR count). The van der Waals surface area contributed by atoms with Crippen molar-refractivity contribution in [1.29, 1.82) is 0 Å². The van der Waals surface area contributed by atoms with E-state index in [1.165, 1.54) is 5.56 Å². The number of para-hydroxylation sites is 1. The predicted octanol–water partition coefficient (Wildman–Crippen LogP) is 3.67. The Bertz CT molecular complexity index is 1090. The van der Waals surface area contributed by atoms with Crippen LogP contribution in [0.15, 0.2) is 79.8 Å². The van der Waals surface area contributed by atoms with Crippen LogP contribution in [0, 0.1) is 5.92 Å². The number of anilines is 1. The smallest absolute Gasteiger partial charge is 0.264 e. The summed E-state index contributed by atoms with van der Waals surface area (Å²) in [6.45, 7) is 2.11. The first-order valence-corrected chi connectivity index (χ1v) is 9.25. The number of benzene rings is 1. The highest BCUT2D eigenvalue weighted by atomic mass is 16.3. The topological polar surface area (TPSA) is 70.5 Å². The summed E-state index contributed by atoms with van der Waals surface area (Å²) < 4.78 is 5.32. The number of nitrogens with zero attached hydrogens (tertiary/aromatic N) is 4. The number of hydrogen-bond donors (Lipinski definition) is 0. The van der Waals surface area contributed by atoms with Crippen molar-refractivity contribution in [2.24, 2.45) is 20.9 Å². The molecule has 4 heterocycles. The molecule has 1 aromatic carbocycles. The fourth-order valence-electron chi connectivity index (χ4n) is 3.85. The molecule has 0 radical (unpaired) electrons. The molecule has 1 amide bonds. The van der Waals surface area contributed by atoms with Crippen molar-refractivity contribution in [2.75, 3.05) is 4.90 Å². The van der Waals surface area contributed by atoms with Crippen LogP contribution in [0.5, 0.6) is 0 Å². The summed E-state index contributed by atoms with van der Waals surface area (Å²) >= 11 is 0. The van der Waals surface area contributed by atoms with Crippen molar-refractivity contribution < 1.29 is 9.21 Å². The lowest BCUT2D eigenvalue weighted by molar-refractivity contribution is -0.118. The van der Waals surface area contributed by atoms with Gasteiger partial charge in [0.05, 0.1) is 6.26 Å². The highest BCUT2D eigenvalue weighted by Gasteiger charge is 2.37. The van der Waals surface area contributed by atoms with Crippen LogP contribution >= 0.6 is 0 Å². The van der Waals surface area contributed by atoms with Gasteiger partial charge in [-0.2, -0.15) is 9.98 Å². The number of dihydropyridines is 1. The average molecular weight is 370 g/mol. The fourth-order valence-corrected chi connectivity index (χ4v) is 3.85. The number of amidine groups is 1. The molecular formula is C22H18N4O2. The quantitative estimate of drug-likeness (QED) is 0.810. The lowest BCUT2D eigenvalue weighted by Gasteiger charge is -2.28. The minimum absolute atomic E-state index is 0.186. The van der Waals surface area contributed by atoms with Crippen LogP contribution in [0.3, 0.4) is 0 Å². The van der Waals surface area contributed by atoms with E-state index < -0.39 is 5.92 Å². The Hall–Kier alpha value is -3.54. The molecule has 0 spiro atoms. The molecule has 3 aliphatic rings. The summed E-state index contributed by atoms with van der Waals surface area (Å²) in [5.74, 6) is 0.795. The maximum absolute atomic E-state index is 12.9. The van der Waals surface area contributed by atoms with Crippen LogP contribution in [0.1, 0.15) is 18.2 Å². The van der Waals surface area contributed by atoms with Gasteiger partial charge in [0.25, 0.3) is 5.91 Å². The van der Waals surface area contributed by atoms with E-state index in [2.05, 4.69) is 28.0 Å². The van der Waals surface area contributed by atoms with Crippen molar-refractivity contribution in [2.45, 2.75) is 19.4 Å². The van der Waals surface area contributed by atoms with Gasteiger partial charge in [0.15, 0.2) is 0 Å². The van der Waals surface area contributed by atoms with Crippen molar-refractivity contribution in [3.05, 3.63) is 71.7 Å². The Labute approximate surface area is 162 Å². The molecule has 0 bridgehead atoms. The van der Waals surface area contributed by atoms with Gasteiger partial charge < -0.3 is 9.32 Å². The first-order valence-electron chi connectivity index (χ1n) is 9.25. The number of fused-ring (bicyclic) bond motifs is 2. The molecule has 6 nitrogen and oxygen atoms in total. The maximum atomic E-state index is 12.9. The normalized spacial score (nSPS) is 23.4. The first kappa shape index (κ1) is 16.6. The molecule has 1 aromatic heterocycles. The molecule has 0 saturated heterocycles. The van der Waals surface area contributed by atoms with E-state index in [-0.39, 0.29) is 11.9 Å². The fraction of sp³-hybridized carbons (Fsp3) is 0.182. The zero-order valence-corrected chi connectivity index (χ0v) is 15.3. The molecule has 3 aliphatic heterocycles. The molecule has 2 aromatic rings. The van der Waals surface area contributed by atoms with Gasteiger partial charge in [-0.05, 0) is 54.8 Å². The largest absolute Gasteiger partial charge is 0.465 e. The lowest BCUT2D eigenvalue weighted by Crippen LogP contribution is -2.40. The minimum atomic E-state index is -0.576. The number of carbonyl (C=O) groups is 1. The number of aliphatic imine (C=N–C) groups is 3. The van der Waals surface area contributed by atoms with E-state index in [1.54, 1.807) is 12.5 Å². The highest BCUT2D eigenvalue weighted by molar-refractivity contribution is 6.23. The second kappa shape index (κ2) is 6.56. The Morgan fingerprint density at radius 3 is 2.89 bits per heavy atom. The van der Waals surface area contributed by atoms with Crippen LogP contribution < -0.4 is 4.90 Å². The van der Waals surface area contributed by atoms with Gasteiger partial charge in [-0.25, -0.2) is 4.99 Å². The van der Waals surface area contributed by atoms with Gasteiger partial charge in [0.2, 0.25) is 5.96 Å². The first-order chi connectivity index (χ1) is 13.7. The third-order valence-electron chi connectivity index (χ3n) is 5.14. The standard InChI is InChI=1S/C22H18N4O2/c1-14-13-16-5-2-3-7-18(16)26(14)22-24-20-19(21(27)25-22)15(10-11-23-20)8-9-17-6-4-12-28-17/h2-12,14,19H,13H2,1H3/b9-8+. The summed E-state index contributed by atoms with van der Waals surface area (Å²) in [6.07, 6.45) is 9.69. The summed E-state index contributed by atoms with van der Waals surface area (Å²) in [6, 6.07) is 12.0. The van der Waals surface area contributed by atoms with Crippen molar-refractivity contribution in [1.82, 2.24) is 0 Å². The number of amides is 1. The number of guanidine groups is 1. The minimum Gasteiger partial charge on any atom is -0.465 e. The van der Waals surface area contributed by atoms with Gasteiger partial charge in [-0.15, -0.1) is 0 Å². The molecule has 6 heteroatoms. The Balaban J connectivity index is 1.47. The zero-order chi connectivity index (χ0) is 19.1. The monoisotopic (exact) mass is 370 g/mol. The molecule has 28 heavy (non-hydrogen) atoms. The maximum Gasteiger partial charge on any atom is 0.264 e. The second-order valence-electron chi connectivity index (χ2n) is 7.00. The van der Waals surface area contributed by atoms with E-state index >= 15 is 0 Å². The zero-order valence-electron chi connectivity index (χ0n) is 15.3. The Morgan fingerprint density at radius 2 is 2.04 bits per heavy atom. The number of carbonyl (C=O) groups excluding carboxylic acids is 1. The molecule has 0 aliphatic carbocycles. The summed E-state index contributed by atoms with van der Waals surface area (Å²) in [5, 5.41) is 0. The van der Waals surface area contributed by atoms with Crippen LogP contribution in [0.25, 0.3) is 6.08 Å². The van der Waals surface area contributed by atoms with E-state index in [9.17, 15) is 4.79 Å². The average Bonchev–Trinajstić information content (AvgIpc) is 3.32. The van der Waals surface area contributed by atoms with E-state index in [1.807, 2.05) is 53.5 Å². The highest BCUT2D eigenvalue weighted by Crippen LogP contribution is 2.34. The number of furan rings is 1. The van der Waals surface area contributed by atoms with Crippen molar-refractivity contribution in [3.63, 3.8) is 0 Å². The van der Waals surface area contributed by atoms with E-state index in [4.69, 9.17) is 4.42 Å². The predicted molar refractivity (Wildman–Crippen MR) is 110 cm³/mol. The number of hydrogen-bond acceptors (Lipinski definition) is 5. The number of rotatable bonds is 2. The molecule has 138 valence electrons. The molecule has 2 unspecified atom stereocenters. The van der Waals surface area contributed by atoms with Crippen LogP contribution in [0.4, 0.5) is 5.69 Å². The molecule has 0 saturated carbocycles. The van der Waals surface area contributed by atoms with Crippen molar-refractivity contribution >= 4 is 35.7 Å². The van der Waals surface area contributed by atoms with Crippen LogP contribution in [0.2, 0.25) is 0 Å². The van der Waals surface area contributed by atoms with Crippen LogP contribution in [-0.4, -0.2) is 30.0 Å². The Kier molecular flexibility index (Phi) is 3.90. The molecule has 0 N–H and O–H groups in total. The van der Waals surface area contributed by atoms with Gasteiger partial charge in [-0.1, -0.05) is 24.3 Å². The SMILES string of the molecule is CC1Cc2ccccc2N1C1=NC(=O)C2C(/C=C/c3ccco3)=CC=NC2=N1. The van der Waals surface area contributed by atoms with E-state index in [0.29, 0.717) is 11.8 Å². The van der Waals surface area contributed by atoms with Crippen molar-refractivity contribution in [3.8, 4) is 0 Å². The van der Waals surface area contributed by atoms with Crippen LogP contribution in [-0.2, 0) is 11.2 Å². The molecule has 0 fully saturated rings. The molecule has 2 atom stereocenters. The lowest BCUT2D eigenvalue weighted by atomic mass is 9.93. The second-order valence-corrected chi connectivity index (χ2v) is 7.00. The third kappa shape index (κ3) is 2.74. The van der Waals surface area contributed by atoms with Gasteiger partial charge in [0, 0.05) is 17.9 Å². The van der Waals surface area contributed by atoms with Gasteiger partial charge in [0.1, 0.15) is 17.5 Å².